The van der Waals surface area contributed by atoms with Gasteiger partial charge < -0.3 is 14.6 Å². The van der Waals surface area contributed by atoms with E-state index in [0.717, 1.165) is 78.0 Å². The van der Waals surface area contributed by atoms with E-state index in [2.05, 4.69) is 9.64 Å². The third kappa shape index (κ3) is 6.12. The van der Waals surface area contributed by atoms with E-state index in [-0.39, 0.29) is 18.5 Å². The number of likely N-dealkylation sites (tertiary alicyclic amines) is 1. The Morgan fingerprint density at radius 3 is 2.52 bits per heavy atom. The second-order valence-corrected chi connectivity index (χ2v) is 10.4. The zero-order valence-corrected chi connectivity index (χ0v) is 22.4. The molecule has 1 N–H and O–H groups in total. The second-order valence-electron chi connectivity index (χ2n) is 10.4. The monoisotopic (exact) mass is 555 g/mol. The van der Waals surface area contributed by atoms with Crippen molar-refractivity contribution >= 4 is 11.1 Å². The van der Waals surface area contributed by atoms with Crippen LogP contribution in [0.5, 0.6) is 17.2 Å². The van der Waals surface area contributed by atoms with Gasteiger partial charge in [0.1, 0.15) is 17.6 Å². The summed E-state index contributed by atoms with van der Waals surface area (Å²) in [5.41, 5.74) is 6.07. The van der Waals surface area contributed by atoms with Gasteiger partial charge in [0.25, 0.3) is 0 Å². The molecule has 0 aromatic heterocycles. The highest BCUT2D eigenvalue weighted by Gasteiger charge is 2.25. The molecular weight excluding hydrogens is 522 g/mol. The van der Waals surface area contributed by atoms with Gasteiger partial charge in [-0.1, -0.05) is 24.3 Å². The van der Waals surface area contributed by atoms with Crippen molar-refractivity contribution in [2.75, 3.05) is 26.3 Å². The molecule has 1 fully saturated rings. The van der Waals surface area contributed by atoms with E-state index in [1.165, 1.54) is 12.1 Å². The first-order valence-corrected chi connectivity index (χ1v) is 13.7. The van der Waals surface area contributed by atoms with Crippen molar-refractivity contribution in [3.63, 3.8) is 0 Å². The molecule has 3 aromatic carbocycles. The number of aromatic hydroxyl groups is 1. The van der Waals surface area contributed by atoms with Crippen molar-refractivity contribution in [3.8, 4) is 17.2 Å². The molecule has 0 saturated carbocycles. The molecule has 0 bridgehead atoms. The Morgan fingerprint density at radius 1 is 1.02 bits per heavy atom. The standard InChI is InChI=1S/C32H33F4NO3/c1-20-25-4-2-5-26(22-8-13-30(28(34)18-22)40-32(35)36)31(27(25)11-12-29(20)38)21-6-9-23(10-7-21)39-24-14-17-37(19-24)16-3-15-33/h6-13,18,24,32,38H,2-5,14-17,19H2,1H3/t24-/m0/s1. The number of fused-ring (bicyclic) bond motifs is 1. The number of halogens is 4. The molecule has 0 spiro atoms. The number of hydrogen-bond acceptors (Lipinski definition) is 4. The summed E-state index contributed by atoms with van der Waals surface area (Å²) >= 11 is 0. The fraction of sp³-hybridized carbons (Fsp3) is 0.375. The van der Waals surface area contributed by atoms with Crippen LogP contribution in [0.1, 0.15) is 53.5 Å². The average Bonchev–Trinajstić information content (AvgIpc) is 3.29. The number of hydrogen-bond donors (Lipinski definition) is 1. The lowest BCUT2D eigenvalue weighted by atomic mass is 9.86. The van der Waals surface area contributed by atoms with Gasteiger partial charge in [-0.25, -0.2) is 4.39 Å². The summed E-state index contributed by atoms with van der Waals surface area (Å²) in [6.07, 6.45) is 3.60. The Kier molecular flexibility index (Phi) is 8.64. The van der Waals surface area contributed by atoms with Gasteiger partial charge in [-0.05, 0) is 108 Å². The van der Waals surface area contributed by atoms with E-state index in [4.69, 9.17) is 4.74 Å². The maximum Gasteiger partial charge on any atom is 0.387 e. The zero-order valence-electron chi connectivity index (χ0n) is 22.4. The maximum atomic E-state index is 14.8. The lowest BCUT2D eigenvalue weighted by molar-refractivity contribution is -0.0521. The molecule has 0 amide bonds. The molecule has 8 heteroatoms. The SMILES string of the molecule is Cc1c(O)ccc2c1CCCC(c1ccc(OC(F)F)c(F)c1)=C2c1ccc(O[C@H]2CCN(CCCF)C2)cc1. The molecule has 1 atom stereocenters. The number of nitrogens with zero attached hydrogens (tertiary/aromatic N) is 1. The van der Waals surface area contributed by atoms with Crippen LogP contribution in [0.2, 0.25) is 0 Å². The van der Waals surface area contributed by atoms with E-state index in [1.54, 1.807) is 12.1 Å². The fourth-order valence-corrected chi connectivity index (χ4v) is 5.80. The van der Waals surface area contributed by atoms with E-state index < -0.39 is 18.2 Å². The van der Waals surface area contributed by atoms with Crippen LogP contribution in [-0.2, 0) is 6.42 Å². The number of alkyl halides is 3. The predicted octanol–water partition coefficient (Wildman–Crippen LogP) is 7.55. The van der Waals surface area contributed by atoms with Crippen LogP contribution in [0.4, 0.5) is 17.6 Å². The van der Waals surface area contributed by atoms with Gasteiger partial charge in [-0.2, -0.15) is 8.78 Å². The van der Waals surface area contributed by atoms with Crippen LogP contribution in [0.25, 0.3) is 11.1 Å². The van der Waals surface area contributed by atoms with Gasteiger partial charge in [0.2, 0.25) is 0 Å². The highest BCUT2D eigenvalue weighted by molar-refractivity contribution is 6.00. The Morgan fingerprint density at radius 2 is 1.80 bits per heavy atom. The molecule has 1 heterocycles. The number of phenols is 1. The molecular formula is C32H33F4NO3. The number of ether oxygens (including phenoxy) is 2. The third-order valence-corrected chi connectivity index (χ3v) is 7.77. The van der Waals surface area contributed by atoms with Crippen molar-refractivity contribution < 1.29 is 32.1 Å². The fourth-order valence-electron chi connectivity index (χ4n) is 5.80. The van der Waals surface area contributed by atoms with Gasteiger partial charge in [-0.15, -0.1) is 0 Å². The summed E-state index contributed by atoms with van der Waals surface area (Å²) in [5.74, 6) is -0.385. The highest BCUT2D eigenvalue weighted by atomic mass is 19.3. The largest absolute Gasteiger partial charge is 0.508 e. The number of allylic oxidation sites excluding steroid dienone is 1. The average molecular weight is 556 g/mol. The summed E-state index contributed by atoms with van der Waals surface area (Å²) in [6.45, 7) is 0.852. The molecule has 0 unspecified atom stereocenters. The van der Waals surface area contributed by atoms with Gasteiger partial charge in [0.05, 0.1) is 6.67 Å². The Bertz CT molecular complexity index is 1370. The van der Waals surface area contributed by atoms with Crippen LogP contribution in [0.15, 0.2) is 54.6 Å². The van der Waals surface area contributed by atoms with Gasteiger partial charge >= 0.3 is 6.61 Å². The lowest BCUT2D eigenvalue weighted by Crippen LogP contribution is -2.26. The zero-order chi connectivity index (χ0) is 28.2. The minimum atomic E-state index is -3.11. The minimum Gasteiger partial charge on any atom is -0.508 e. The van der Waals surface area contributed by atoms with Crippen LogP contribution in [0, 0.1) is 12.7 Å². The van der Waals surface area contributed by atoms with Crippen molar-refractivity contribution in [1.29, 1.82) is 0 Å². The van der Waals surface area contributed by atoms with E-state index in [9.17, 15) is 22.7 Å². The molecule has 1 aliphatic heterocycles. The molecule has 40 heavy (non-hydrogen) atoms. The topological polar surface area (TPSA) is 41.9 Å². The Labute approximate surface area is 231 Å². The molecule has 1 saturated heterocycles. The molecule has 212 valence electrons. The number of rotatable bonds is 9. The first-order chi connectivity index (χ1) is 19.3. The minimum absolute atomic E-state index is 0.0430. The first-order valence-electron chi connectivity index (χ1n) is 13.7. The smallest absolute Gasteiger partial charge is 0.387 e. The number of phenolic OH excluding ortho intramolecular Hbond substituents is 1. The Balaban J connectivity index is 1.51. The first kappa shape index (κ1) is 28.0. The van der Waals surface area contributed by atoms with Crippen molar-refractivity contribution in [2.45, 2.75) is 51.7 Å². The molecule has 4 nitrogen and oxygen atoms in total. The molecule has 0 radical (unpaired) electrons. The summed E-state index contributed by atoms with van der Waals surface area (Å²) in [7, 11) is 0. The molecule has 5 rings (SSSR count). The summed E-state index contributed by atoms with van der Waals surface area (Å²) < 4.78 is 63.3. The van der Waals surface area contributed by atoms with Crippen LogP contribution >= 0.6 is 0 Å². The lowest BCUT2D eigenvalue weighted by Gasteiger charge is -2.19. The predicted molar refractivity (Wildman–Crippen MR) is 147 cm³/mol. The highest BCUT2D eigenvalue weighted by Crippen LogP contribution is 2.43. The summed E-state index contributed by atoms with van der Waals surface area (Å²) in [4.78, 5) is 2.21. The molecule has 1 aliphatic carbocycles. The van der Waals surface area contributed by atoms with E-state index in [0.29, 0.717) is 18.4 Å². The van der Waals surface area contributed by atoms with Crippen LogP contribution < -0.4 is 9.47 Å². The van der Waals surface area contributed by atoms with Crippen molar-refractivity contribution in [3.05, 3.63) is 88.2 Å². The van der Waals surface area contributed by atoms with E-state index in [1.807, 2.05) is 37.3 Å². The van der Waals surface area contributed by atoms with E-state index >= 15 is 0 Å². The van der Waals surface area contributed by atoms with Crippen molar-refractivity contribution in [1.82, 2.24) is 4.90 Å². The normalized spacial score (nSPS) is 17.7. The third-order valence-electron chi connectivity index (χ3n) is 7.77. The quantitative estimate of drug-likeness (QED) is 0.277. The van der Waals surface area contributed by atoms with Crippen molar-refractivity contribution in [2.24, 2.45) is 0 Å². The maximum absolute atomic E-state index is 14.8. The second kappa shape index (κ2) is 12.3. The summed E-state index contributed by atoms with van der Waals surface area (Å²) in [6, 6.07) is 15.4. The molecule has 3 aromatic rings. The Hall–Kier alpha value is -3.52. The van der Waals surface area contributed by atoms with Gasteiger partial charge in [0, 0.05) is 19.6 Å². The number of benzene rings is 3. The van der Waals surface area contributed by atoms with Gasteiger partial charge in [0.15, 0.2) is 11.6 Å². The van der Waals surface area contributed by atoms with Gasteiger partial charge in [-0.3, -0.25) is 9.29 Å². The van der Waals surface area contributed by atoms with Crippen LogP contribution in [-0.4, -0.2) is 49.0 Å². The summed E-state index contributed by atoms with van der Waals surface area (Å²) in [5, 5.41) is 10.4. The molecule has 2 aliphatic rings. The van der Waals surface area contributed by atoms with Crippen LogP contribution in [0.3, 0.4) is 0 Å².